The van der Waals surface area contributed by atoms with Crippen molar-refractivity contribution in [3.05, 3.63) is 29.6 Å². The molecule has 1 aromatic carbocycles. The number of rotatable bonds is 2. The monoisotopic (exact) mass is 228 g/mol. The van der Waals surface area contributed by atoms with Crippen LogP contribution in [0.4, 0.5) is 4.39 Å². The van der Waals surface area contributed by atoms with E-state index in [2.05, 4.69) is 0 Å². The van der Waals surface area contributed by atoms with Crippen LogP contribution in [0.2, 0.25) is 0 Å². The minimum atomic E-state index is -0.617. The van der Waals surface area contributed by atoms with Crippen molar-refractivity contribution in [2.24, 2.45) is 0 Å². The summed E-state index contributed by atoms with van der Waals surface area (Å²) in [5, 5.41) is 9.30. The Morgan fingerprint density at radius 2 is 1.93 bits per heavy atom. The smallest absolute Gasteiger partial charge is 0.137 e. The number of hydrogen-bond acceptors (Lipinski definition) is 2. The maximum atomic E-state index is 13.6. The highest BCUT2D eigenvalue weighted by Gasteiger charge is 2.15. The van der Waals surface area contributed by atoms with Crippen LogP contribution in [0.25, 0.3) is 0 Å². The average Bonchev–Trinajstić information content (AvgIpc) is 2.05. The van der Waals surface area contributed by atoms with Crippen LogP contribution < -0.4 is 0 Å². The van der Waals surface area contributed by atoms with E-state index in [1.54, 1.807) is 19.1 Å². The first-order chi connectivity index (χ1) is 6.79. The molecule has 1 N–H and O–H groups in total. The zero-order valence-electron chi connectivity index (χ0n) is 9.54. The molecule has 0 unspecified atom stereocenters. The van der Waals surface area contributed by atoms with Gasteiger partial charge < -0.3 is 5.11 Å². The molecule has 0 bridgehead atoms. The molecule has 84 valence electrons. The number of benzene rings is 1. The second-order valence-electron chi connectivity index (χ2n) is 4.58. The summed E-state index contributed by atoms with van der Waals surface area (Å²) in [6.45, 7) is 7.75. The van der Waals surface area contributed by atoms with Crippen molar-refractivity contribution >= 4 is 11.8 Å². The van der Waals surface area contributed by atoms with Crippen LogP contribution in [0.15, 0.2) is 23.1 Å². The lowest BCUT2D eigenvalue weighted by atomic mass is 10.1. The van der Waals surface area contributed by atoms with E-state index < -0.39 is 6.10 Å². The van der Waals surface area contributed by atoms with Gasteiger partial charge >= 0.3 is 0 Å². The van der Waals surface area contributed by atoms with E-state index in [9.17, 15) is 9.50 Å². The SMILES string of the molecule is C[C@@H](O)c1ccc(SC(C)(C)C)c(F)c1. The Balaban J connectivity index is 2.94. The van der Waals surface area contributed by atoms with Crippen molar-refractivity contribution in [3.63, 3.8) is 0 Å². The molecule has 1 atom stereocenters. The van der Waals surface area contributed by atoms with Crippen molar-refractivity contribution in [1.82, 2.24) is 0 Å². The van der Waals surface area contributed by atoms with E-state index >= 15 is 0 Å². The Morgan fingerprint density at radius 1 is 1.33 bits per heavy atom. The molecule has 0 amide bonds. The number of aliphatic hydroxyl groups excluding tert-OH is 1. The molecule has 1 rings (SSSR count). The Morgan fingerprint density at radius 3 is 2.33 bits per heavy atom. The summed E-state index contributed by atoms with van der Waals surface area (Å²) >= 11 is 1.49. The highest BCUT2D eigenvalue weighted by molar-refractivity contribution is 8.00. The van der Waals surface area contributed by atoms with Gasteiger partial charge in [-0.25, -0.2) is 4.39 Å². The maximum Gasteiger partial charge on any atom is 0.137 e. The molecule has 0 aliphatic carbocycles. The van der Waals surface area contributed by atoms with Crippen molar-refractivity contribution in [3.8, 4) is 0 Å². The van der Waals surface area contributed by atoms with Crippen LogP contribution in [0.5, 0.6) is 0 Å². The third-order valence-electron chi connectivity index (χ3n) is 1.85. The summed E-state index contributed by atoms with van der Waals surface area (Å²) in [6.07, 6.45) is -0.617. The van der Waals surface area contributed by atoms with E-state index in [0.29, 0.717) is 10.5 Å². The Labute approximate surface area is 94.7 Å². The van der Waals surface area contributed by atoms with Gasteiger partial charge in [-0.2, -0.15) is 0 Å². The third kappa shape index (κ3) is 3.84. The maximum absolute atomic E-state index is 13.6. The van der Waals surface area contributed by atoms with E-state index in [-0.39, 0.29) is 10.6 Å². The first-order valence-corrected chi connectivity index (χ1v) is 5.78. The summed E-state index contributed by atoms with van der Waals surface area (Å²) in [5.41, 5.74) is 0.616. The summed E-state index contributed by atoms with van der Waals surface area (Å²) in [5.74, 6) is -0.256. The molecule has 0 saturated carbocycles. The Hall–Kier alpha value is -0.540. The van der Waals surface area contributed by atoms with E-state index in [0.717, 1.165) is 0 Å². The summed E-state index contributed by atoms with van der Waals surface area (Å²) in [6, 6.07) is 4.90. The quantitative estimate of drug-likeness (QED) is 0.777. The van der Waals surface area contributed by atoms with Gasteiger partial charge in [0.25, 0.3) is 0 Å². The number of hydrogen-bond donors (Lipinski definition) is 1. The third-order valence-corrected chi connectivity index (χ3v) is 3.02. The molecule has 1 nitrogen and oxygen atoms in total. The van der Waals surface area contributed by atoms with Gasteiger partial charge in [0.05, 0.1) is 6.10 Å². The molecule has 0 fully saturated rings. The normalized spacial score (nSPS) is 14.0. The topological polar surface area (TPSA) is 20.2 Å². The Bertz CT molecular complexity index is 342. The molecule has 3 heteroatoms. The van der Waals surface area contributed by atoms with Gasteiger partial charge in [0.1, 0.15) is 5.82 Å². The largest absolute Gasteiger partial charge is 0.389 e. The fourth-order valence-electron chi connectivity index (χ4n) is 1.19. The van der Waals surface area contributed by atoms with Gasteiger partial charge in [0.2, 0.25) is 0 Å². The predicted molar refractivity (Wildman–Crippen MR) is 62.6 cm³/mol. The van der Waals surface area contributed by atoms with Crippen LogP contribution >= 0.6 is 11.8 Å². The van der Waals surface area contributed by atoms with Crippen LogP contribution in [-0.4, -0.2) is 9.85 Å². The lowest BCUT2D eigenvalue weighted by Crippen LogP contribution is -2.07. The van der Waals surface area contributed by atoms with Crippen LogP contribution in [0.1, 0.15) is 39.4 Å². The fourth-order valence-corrected chi connectivity index (χ4v) is 2.14. The summed E-state index contributed by atoms with van der Waals surface area (Å²) < 4.78 is 13.6. The summed E-state index contributed by atoms with van der Waals surface area (Å²) in [7, 11) is 0. The van der Waals surface area contributed by atoms with Crippen LogP contribution in [0, 0.1) is 5.82 Å². The number of halogens is 1. The van der Waals surface area contributed by atoms with Gasteiger partial charge in [-0.15, -0.1) is 11.8 Å². The zero-order valence-corrected chi connectivity index (χ0v) is 10.4. The van der Waals surface area contributed by atoms with Crippen molar-refractivity contribution in [1.29, 1.82) is 0 Å². The van der Waals surface area contributed by atoms with Crippen LogP contribution in [-0.2, 0) is 0 Å². The van der Waals surface area contributed by atoms with E-state index in [1.165, 1.54) is 17.8 Å². The molecule has 0 radical (unpaired) electrons. The second-order valence-corrected chi connectivity index (χ2v) is 6.45. The highest BCUT2D eigenvalue weighted by atomic mass is 32.2. The lowest BCUT2D eigenvalue weighted by Gasteiger charge is -2.18. The first kappa shape index (κ1) is 12.5. The fraction of sp³-hybridized carbons (Fsp3) is 0.500. The lowest BCUT2D eigenvalue weighted by molar-refractivity contribution is 0.198. The second kappa shape index (κ2) is 4.54. The van der Waals surface area contributed by atoms with E-state index in [1.807, 2.05) is 20.8 Å². The Kier molecular flexibility index (Phi) is 3.79. The van der Waals surface area contributed by atoms with Gasteiger partial charge in [-0.3, -0.25) is 0 Å². The van der Waals surface area contributed by atoms with Gasteiger partial charge in [0.15, 0.2) is 0 Å². The molecule has 0 saturated heterocycles. The molecule has 1 aromatic rings. The zero-order chi connectivity index (χ0) is 11.6. The summed E-state index contributed by atoms with van der Waals surface area (Å²) in [4.78, 5) is 0.631. The van der Waals surface area contributed by atoms with E-state index in [4.69, 9.17) is 0 Å². The molecule has 0 aromatic heterocycles. The minimum absolute atomic E-state index is 0.00676. The molecule has 0 aliphatic rings. The standard InChI is InChI=1S/C12H17FOS/c1-8(14)9-5-6-11(10(13)7-9)15-12(2,3)4/h5-8,14H,1-4H3/t8-/m1/s1. The van der Waals surface area contributed by atoms with Crippen molar-refractivity contribution < 1.29 is 9.50 Å². The van der Waals surface area contributed by atoms with Gasteiger partial charge in [0, 0.05) is 9.64 Å². The molecule has 0 heterocycles. The van der Waals surface area contributed by atoms with Crippen molar-refractivity contribution in [2.75, 3.05) is 0 Å². The van der Waals surface area contributed by atoms with Gasteiger partial charge in [-0.05, 0) is 24.6 Å². The first-order valence-electron chi connectivity index (χ1n) is 4.96. The highest BCUT2D eigenvalue weighted by Crippen LogP contribution is 2.34. The predicted octanol–water partition coefficient (Wildman–Crippen LogP) is 3.77. The van der Waals surface area contributed by atoms with Crippen LogP contribution in [0.3, 0.4) is 0 Å². The number of thioether (sulfide) groups is 1. The molecule has 15 heavy (non-hydrogen) atoms. The molecular weight excluding hydrogens is 211 g/mol. The van der Waals surface area contributed by atoms with Gasteiger partial charge in [-0.1, -0.05) is 26.8 Å². The minimum Gasteiger partial charge on any atom is -0.389 e. The molecular formula is C12H17FOS. The van der Waals surface area contributed by atoms with Crippen molar-refractivity contribution in [2.45, 2.75) is 43.4 Å². The number of aliphatic hydroxyl groups is 1. The average molecular weight is 228 g/mol. The molecule has 0 spiro atoms. The molecule has 0 aliphatic heterocycles.